The quantitative estimate of drug-likeness (QED) is 0.165. The van der Waals surface area contributed by atoms with Gasteiger partial charge in [-0.25, -0.2) is 19.2 Å². The van der Waals surface area contributed by atoms with Crippen LogP contribution in [-0.2, 0) is 40.5 Å². The average molecular weight is 1090 g/mol. The maximum Gasteiger partial charge on any atom is 0.491 e. The van der Waals surface area contributed by atoms with E-state index in [1.165, 1.54) is 17.0 Å². The fourth-order valence-corrected chi connectivity index (χ4v) is 8.85. The Kier molecular flexibility index (Phi) is 20.4. The Morgan fingerprint density at radius 1 is 0.761 bits per heavy atom. The van der Waals surface area contributed by atoms with Gasteiger partial charge in [0.15, 0.2) is 21.0 Å². The van der Waals surface area contributed by atoms with E-state index in [0.717, 1.165) is 37.7 Å². The van der Waals surface area contributed by atoms with Gasteiger partial charge in [-0.1, -0.05) is 59.2 Å². The maximum absolute atomic E-state index is 13.3. The van der Waals surface area contributed by atoms with E-state index < -0.39 is 30.5 Å². The van der Waals surface area contributed by atoms with Gasteiger partial charge in [-0.15, -0.1) is 0 Å². The molecule has 3 amide bonds. The van der Waals surface area contributed by atoms with Gasteiger partial charge in [-0.3, -0.25) is 19.2 Å². The van der Waals surface area contributed by atoms with Crippen molar-refractivity contribution < 1.29 is 43.1 Å². The largest absolute Gasteiger partial charge is 0.491 e. The first-order valence-corrected chi connectivity index (χ1v) is 24.2. The van der Waals surface area contributed by atoms with Crippen molar-refractivity contribution in [1.82, 2.24) is 38.7 Å². The molecule has 4 heterocycles. The summed E-state index contributed by atoms with van der Waals surface area (Å²) in [7, 11) is 7.14. The molecule has 5 rings (SSSR count). The lowest BCUT2D eigenvalue weighted by atomic mass is 9.76. The van der Waals surface area contributed by atoms with E-state index in [2.05, 4.69) is 58.3 Å². The molecule has 1 aromatic carbocycles. The van der Waals surface area contributed by atoms with Crippen LogP contribution in [0.25, 0.3) is 0 Å². The third-order valence-electron chi connectivity index (χ3n) is 11.3. The molecule has 0 saturated heterocycles. The van der Waals surface area contributed by atoms with E-state index in [9.17, 15) is 28.4 Å². The molecule has 0 bridgehead atoms. The van der Waals surface area contributed by atoms with E-state index in [-0.39, 0.29) is 70.0 Å². The zero-order valence-electron chi connectivity index (χ0n) is 41.5. The molecule has 0 radical (unpaired) electrons. The minimum atomic E-state index is -1.78. The van der Waals surface area contributed by atoms with Gasteiger partial charge in [0.05, 0.1) is 29.8 Å². The first-order chi connectivity index (χ1) is 30.7. The van der Waals surface area contributed by atoms with Crippen LogP contribution in [0.3, 0.4) is 0 Å². The molecule has 67 heavy (non-hydrogen) atoms. The number of carbonyl (C=O) groups is 5. The summed E-state index contributed by atoms with van der Waals surface area (Å²) in [6.07, 6.45) is 1.57. The van der Waals surface area contributed by atoms with E-state index >= 15 is 0 Å². The van der Waals surface area contributed by atoms with Gasteiger partial charge in [0, 0.05) is 77.7 Å². The van der Waals surface area contributed by atoms with Crippen molar-refractivity contribution in [2.45, 2.75) is 120 Å². The predicted octanol–water partition coefficient (Wildman–Crippen LogP) is 7.07. The monoisotopic (exact) mass is 1080 g/mol. The summed E-state index contributed by atoms with van der Waals surface area (Å²) < 4.78 is 23.5. The topological polar surface area (TPSA) is 184 Å². The molecule has 0 unspecified atom stereocenters. The number of halogens is 4. The summed E-state index contributed by atoms with van der Waals surface area (Å²) in [6.45, 7) is 21.3. The number of benzene rings is 1. The van der Waals surface area contributed by atoms with Crippen molar-refractivity contribution in [2.24, 2.45) is 22.7 Å². The third kappa shape index (κ3) is 16.2. The number of hydrogen-bond acceptors (Lipinski definition) is 11. The number of aromatic nitrogens is 4. The van der Waals surface area contributed by atoms with Gasteiger partial charge in [0.1, 0.15) is 22.8 Å². The Morgan fingerprint density at radius 2 is 1.19 bits per heavy atom. The second-order valence-corrected chi connectivity index (χ2v) is 22.5. The summed E-state index contributed by atoms with van der Waals surface area (Å²) in [5, 5.41) is 17.4. The zero-order valence-corrected chi connectivity index (χ0v) is 45.4. The molecule has 0 fully saturated rings. The number of Topliss-reactive ketones (excluding diaryl/α,β-unsaturated/α-hetero) is 2. The highest BCUT2D eigenvalue weighted by Gasteiger charge is 2.38. The van der Waals surface area contributed by atoms with Crippen LogP contribution in [0.15, 0.2) is 27.7 Å². The lowest BCUT2D eigenvalue weighted by Crippen LogP contribution is -2.39. The van der Waals surface area contributed by atoms with E-state index in [4.69, 9.17) is 26.4 Å². The fourth-order valence-electron chi connectivity index (χ4n) is 7.56. The molecule has 3 aromatic rings. The summed E-state index contributed by atoms with van der Waals surface area (Å²) in [4.78, 5) is 80.2. The van der Waals surface area contributed by atoms with Crippen LogP contribution in [0, 0.1) is 28.5 Å². The average Bonchev–Trinajstić information content (AvgIpc) is 3.45. The van der Waals surface area contributed by atoms with Crippen molar-refractivity contribution >= 4 is 85.5 Å². The van der Waals surface area contributed by atoms with Crippen molar-refractivity contribution in [2.75, 3.05) is 48.3 Å². The molecule has 0 spiro atoms. The molecule has 372 valence electrons. The van der Waals surface area contributed by atoms with Crippen molar-refractivity contribution in [3.63, 3.8) is 0 Å². The lowest BCUT2D eigenvalue weighted by molar-refractivity contribution is -0.137. The Morgan fingerprint density at radius 3 is 1.58 bits per heavy atom. The van der Waals surface area contributed by atoms with E-state index in [1.807, 2.05) is 66.9 Å². The lowest BCUT2D eigenvalue weighted by Gasteiger charge is -2.31. The predicted molar refractivity (Wildman–Crippen MR) is 264 cm³/mol. The number of nitrogens with zero attached hydrogens (tertiary/aromatic N) is 8. The Bertz CT molecular complexity index is 2250. The molecule has 21 heteroatoms. The van der Waals surface area contributed by atoms with Crippen LogP contribution < -0.4 is 5.46 Å². The Hall–Kier alpha value is -3.69. The number of ketones is 2. The van der Waals surface area contributed by atoms with Crippen LogP contribution >= 0.6 is 43.5 Å². The molecule has 0 aliphatic carbocycles. The molecule has 16 nitrogen and oxygen atoms in total. The summed E-state index contributed by atoms with van der Waals surface area (Å²) in [5.74, 6) is -1.90. The Balaban J connectivity index is 0.000000294. The van der Waals surface area contributed by atoms with Crippen LogP contribution in [0.5, 0.6) is 0 Å². The van der Waals surface area contributed by atoms with E-state index in [1.54, 1.807) is 38.0 Å². The number of amides is 3. The molecular weight excluding hydrogens is 1020 g/mol. The number of fused-ring (bicyclic) bond motifs is 2. The smallest absolute Gasteiger partial charge is 0.444 e. The van der Waals surface area contributed by atoms with Crippen molar-refractivity contribution in [3.8, 4) is 0 Å². The van der Waals surface area contributed by atoms with Gasteiger partial charge in [0.25, 0.3) is 0 Å². The summed E-state index contributed by atoms with van der Waals surface area (Å²) in [6, 6.07) is 3.64. The second kappa shape index (κ2) is 23.8. The van der Waals surface area contributed by atoms with Gasteiger partial charge in [-0.2, -0.15) is 0 Å². The fraction of sp³-hybridized carbons (Fsp3) is 0.630. The molecular formula is C46H69BBr2ClFN8O8. The minimum absolute atomic E-state index is 0.0117. The van der Waals surface area contributed by atoms with Gasteiger partial charge in [0.2, 0.25) is 11.8 Å². The maximum atomic E-state index is 13.3. The van der Waals surface area contributed by atoms with Gasteiger partial charge in [-0.05, 0) is 102 Å². The number of rotatable bonds is 9. The molecule has 2 aromatic heterocycles. The molecule has 2 aliphatic rings. The Labute approximate surface area is 417 Å². The van der Waals surface area contributed by atoms with Crippen LogP contribution in [0.4, 0.5) is 9.18 Å². The van der Waals surface area contributed by atoms with Crippen LogP contribution in [0.2, 0.25) is 5.02 Å². The number of carbonyl (C=O) groups excluding carboxylic acids is 5. The van der Waals surface area contributed by atoms with Gasteiger partial charge >= 0.3 is 13.2 Å². The van der Waals surface area contributed by atoms with Gasteiger partial charge < -0.3 is 43.5 Å². The van der Waals surface area contributed by atoms with Crippen LogP contribution in [-0.4, -0.2) is 139 Å². The number of hydrogen-bond donors (Lipinski definition) is 2. The summed E-state index contributed by atoms with van der Waals surface area (Å²) in [5.41, 5.74) is 0.982. The normalized spacial score (nSPS) is 15.2. The minimum Gasteiger partial charge on any atom is -0.444 e. The summed E-state index contributed by atoms with van der Waals surface area (Å²) >= 11 is 12.4. The van der Waals surface area contributed by atoms with Crippen molar-refractivity contribution in [3.05, 3.63) is 61.3 Å². The molecule has 2 N–H and O–H groups in total. The SMILES string of the molecule is CN(C)C(=O)[C@@H](CC(=O)c1nc(Br)n2c1CN(C(=O)OC(C)(C)C)CCC2)C(C)(C)C.CN1CCCn2c(Br)nc(C(=O)C[C@H](C(=O)N(C)C)C(C)(C)C)c2C1.OB(O)c1ccc(Cl)cc1F. The highest BCUT2D eigenvalue weighted by Crippen LogP contribution is 2.34. The zero-order chi connectivity index (χ0) is 51.1. The van der Waals surface area contributed by atoms with Crippen LogP contribution in [0.1, 0.15) is 120 Å². The van der Waals surface area contributed by atoms with E-state index in [0.29, 0.717) is 46.2 Å². The highest BCUT2D eigenvalue weighted by atomic mass is 79.9. The first-order valence-electron chi connectivity index (χ1n) is 22.2. The second-order valence-electron chi connectivity index (χ2n) is 20.6. The number of imidazole rings is 2. The standard InChI is InChI=1S/C22H35BrN4O4.C18H29BrN4O2.C6H5BClFO2/c1-21(2,3)14(18(29)25(7)8)12-16(28)17-15-13-26(20(30)31-22(4,5)6)10-9-11-27(15)19(23)24-17;1-18(2,3)12(16(25)21(4)5)10-14(24)15-13-11-22(6)8-7-9-23(13)17(19)20-15;8-4-1-2-5(7(10)11)6(9)3-4/h14H,9-13H2,1-8H3;12H,7-11H2,1-6H3;1-3,10-11H/t14-;12-;/m11./s1. The third-order valence-corrected chi connectivity index (χ3v) is 12.8. The molecule has 0 saturated carbocycles. The molecule has 2 aliphatic heterocycles. The first kappa shape index (κ1) is 57.6. The highest BCUT2D eigenvalue weighted by molar-refractivity contribution is 9.10. The van der Waals surface area contributed by atoms with Crippen molar-refractivity contribution in [1.29, 1.82) is 0 Å². The molecule has 2 atom stereocenters. The number of ether oxygens (including phenoxy) is 1.